The van der Waals surface area contributed by atoms with Crippen LogP contribution in [0.15, 0.2) is 64.5 Å². The van der Waals surface area contributed by atoms with Gasteiger partial charge in [0.05, 0.1) is 11.3 Å². The Morgan fingerprint density at radius 2 is 1.90 bits per heavy atom. The number of anilines is 1. The number of benzene rings is 2. The molecule has 3 rings (SSSR count). The summed E-state index contributed by atoms with van der Waals surface area (Å²) in [5.41, 5.74) is 2.49. The number of hydrogen-bond donors (Lipinski definition) is 3. The Labute approximate surface area is 171 Å². The van der Waals surface area contributed by atoms with E-state index in [1.807, 2.05) is 30.3 Å². The molecule has 0 saturated heterocycles. The second-order valence-corrected chi connectivity index (χ2v) is 7.28. The van der Waals surface area contributed by atoms with Gasteiger partial charge in [0.2, 0.25) is 5.91 Å². The first-order chi connectivity index (χ1) is 13.9. The molecule has 0 saturated carbocycles. The van der Waals surface area contributed by atoms with Crippen LogP contribution in [0.2, 0.25) is 0 Å². The lowest BCUT2D eigenvalue weighted by atomic mass is 10.1. The average molecular weight is 409 g/mol. The Morgan fingerprint density at radius 1 is 1.14 bits per heavy atom. The molecule has 29 heavy (non-hydrogen) atoms. The van der Waals surface area contributed by atoms with Crippen LogP contribution in [-0.2, 0) is 11.2 Å². The topological polar surface area (TPSA) is 112 Å². The number of carboxylic acids is 1. The number of rotatable bonds is 7. The van der Waals surface area contributed by atoms with Gasteiger partial charge in [-0.05, 0) is 30.7 Å². The second-order valence-electron chi connectivity index (χ2n) is 6.32. The zero-order valence-electron chi connectivity index (χ0n) is 15.6. The van der Waals surface area contributed by atoms with Gasteiger partial charge in [-0.1, -0.05) is 48.2 Å². The van der Waals surface area contributed by atoms with E-state index in [0.29, 0.717) is 28.5 Å². The summed E-state index contributed by atoms with van der Waals surface area (Å²) in [4.78, 5) is 42.7. The maximum atomic E-state index is 12.4. The highest BCUT2D eigenvalue weighted by molar-refractivity contribution is 7.99. The standard InChI is InChI=1S/C21H19N3O4S/c1-13-17(10-14-6-3-2-4-7-14)19(26)24-21(22-13)29-12-18(25)23-16-9-5-8-15(11-16)20(27)28/h2-9,11H,10,12H2,1H3,(H,23,25)(H,27,28)(H,22,24,26). The Morgan fingerprint density at radius 3 is 2.59 bits per heavy atom. The lowest BCUT2D eigenvalue weighted by Gasteiger charge is -2.08. The summed E-state index contributed by atoms with van der Waals surface area (Å²) < 4.78 is 0. The largest absolute Gasteiger partial charge is 0.478 e. The van der Waals surface area contributed by atoms with Crippen molar-refractivity contribution in [2.45, 2.75) is 18.5 Å². The van der Waals surface area contributed by atoms with Crippen LogP contribution in [0.3, 0.4) is 0 Å². The van der Waals surface area contributed by atoms with Crippen LogP contribution in [0.25, 0.3) is 0 Å². The Kier molecular flexibility index (Phi) is 6.46. The van der Waals surface area contributed by atoms with E-state index in [2.05, 4.69) is 15.3 Å². The molecule has 1 amide bonds. The molecule has 0 radical (unpaired) electrons. The van der Waals surface area contributed by atoms with Crippen LogP contribution in [0.4, 0.5) is 5.69 Å². The molecule has 148 valence electrons. The van der Waals surface area contributed by atoms with Crippen LogP contribution in [0, 0.1) is 6.92 Å². The first-order valence-corrected chi connectivity index (χ1v) is 9.80. The van der Waals surface area contributed by atoms with Gasteiger partial charge >= 0.3 is 5.97 Å². The molecule has 0 unspecified atom stereocenters. The maximum Gasteiger partial charge on any atom is 0.335 e. The molecule has 0 atom stereocenters. The van der Waals surface area contributed by atoms with Gasteiger partial charge in [-0.15, -0.1) is 0 Å². The van der Waals surface area contributed by atoms with E-state index in [9.17, 15) is 14.4 Å². The summed E-state index contributed by atoms with van der Waals surface area (Å²) in [6, 6.07) is 15.6. The van der Waals surface area contributed by atoms with E-state index in [1.165, 1.54) is 12.1 Å². The smallest absolute Gasteiger partial charge is 0.335 e. The van der Waals surface area contributed by atoms with Gasteiger partial charge in [0.1, 0.15) is 0 Å². The highest BCUT2D eigenvalue weighted by Gasteiger charge is 2.12. The van der Waals surface area contributed by atoms with Gasteiger partial charge in [0, 0.05) is 23.4 Å². The van der Waals surface area contributed by atoms with Crippen molar-refractivity contribution in [2.75, 3.05) is 11.1 Å². The molecule has 1 heterocycles. The van der Waals surface area contributed by atoms with E-state index >= 15 is 0 Å². The van der Waals surface area contributed by atoms with Crippen molar-refractivity contribution < 1.29 is 14.7 Å². The van der Waals surface area contributed by atoms with Crippen LogP contribution in [-0.4, -0.2) is 32.7 Å². The minimum atomic E-state index is -1.07. The fraction of sp³-hybridized carbons (Fsp3) is 0.143. The monoisotopic (exact) mass is 409 g/mol. The third-order valence-corrected chi connectivity index (χ3v) is 5.03. The summed E-state index contributed by atoms with van der Waals surface area (Å²) in [5.74, 6) is -1.37. The fourth-order valence-electron chi connectivity index (χ4n) is 2.72. The first-order valence-electron chi connectivity index (χ1n) is 8.82. The number of carbonyl (C=O) groups is 2. The summed E-state index contributed by atoms with van der Waals surface area (Å²) >= 11 is 1.11. The Balaban J connectivity index is 1.63. The minimum absolute atomic E-state index is 0.0255. The number of amides is 1. The molecule has 1 aromatic heterocycles. The molecule has 0 bridgehead atoms. The number of thioether (sulfide) groups is 1. The molecule has 0 spiro atoms. The van der Waals surface area contributed by atoms with Crippen LogP contribution in [0.1, 0.15) is 27.2 Å². The summed E-state index contributed by atoms with van der Waals surface area (Å²) in [6.45, 7) is 1.77. The van der Waals surface area contributed by atoms with E-state index in [-0.39, 0.29) is 22.8 Å². The maximum absolute atomic E-state index is 12.4. The van der Waals surface area contributed by atoms with Gasteiger partial charge in [-0.3, -0.25) is 9.59 Å². The number of aromatic nitrogens is 2. The number of carbonyl (C=O) groups excluding carboxylic acids is 1. The molecular formula is C21H19N3O4S. The number of hydrogen-bond acceptors (Lipinski definition) is 5. The molecule has 3 N–H and O–H groups in total. The van der Waals surface area contributed by atoms with Gasteiger partial charge < -0.3 is 15.4 Å². The summed E-state index contributed by atoms with van der Waals surface area (Å²) in [5, 5.41) is 12.0. The van der Waals surface area contributed by atoms with Crippen LogP contribution >= 0.6 is 11.8 Å². The van der Waals surface area contributed by atoms with Gasteiger partial charge in [0.15, 0.2) is 5.16 Å². The van der Waals surface area contributed by atoms with Crippen molar-refractivity contribution in [1.29, 1.82) is 0 Å². The SMILES string of the molecule is Cc1nc(SCC(=O)Nc2cccc(C(=O)O)c2)[nH]c(=O)c1Cc1ccccc1. The van der Waals surface area contributed by atoms with E-state index in [1.54, 1.807) is 19.1 Å². The molecular weight excluding hydrogens is 390 g/mol. The molecule has 0 aliphatic carbocycles. The molecule has 7 nitrogen and oxygen atoms in total. The zero-order chi connectivity index (χ0) is 20.8. The van der Waals surface area contributed by atoms with E-state index < -0.39 is 5.97 Å². The lowest BCUT2D eigenvalue weighted by Crippen LogP contribution is -2.19. The third kappa shape index (κ3) is 5.55. The second kappa shape index (κ2) is 9.20. The summed E-state index contributed by atoms with van der Waals surface area (Å²) in [7, 11) is 0. The number of H-pyrrole nitrogens is 1. The van der Waals surface area contributed by atoms with Crippen LogP contribution in [0.5, 0.6) is 0 Å². The van der Waals surface area contributed by atoms with Crippen molar-refractivity contribution in [2.24, 2.45) is 0 Å². The quantitative estimate of drug-likeness (QED) is 0.408. The predicted octanol–water partition coefficient (Wildman–Crippen LogP) is 3.10. The molecule has 2 aromatic carbocycles. The van der Waals surface area contributed by atoms with Crippen molar-refractivity contribution in [3.05, 3.63) is 87.3 Å². The molecule has 0 aliphatic rings. The lowest BCUT2D eigenvalue weighted by molar-refractivity contribution is -0.113. The molecule has 3 aromatic rings. The van der Waals surface area contributed by atoms with Crippen molar-refractivity contribution in [1.82, 2.24) is 9.97 Å². The van der Waals surface area contributed by atoms with Crippen molar-refractivity contribution in [3.8, 4) is 0 Å². The highest BCUT2D eigenvalue weighted by Crippen LogP contribution is 2.16. The zero-order valence-corrected chi connectivity index (χ0v) is 16.5. The van der Waals surface area contributed by atoms with Crippen molar-refractivity contribution in [3.63, 3.8) is 0 Å². The first kappa shape index (κ1) is 20.3. The Bertz CT molecular complexity index is 1100. The fourth-order valence-corrected chi connectivity index (χ4v) is 3.43. The summed E-state index contributed by atoms with van der Waals surface area (Å²) in [6.07, 6.45) is 0.486. The van der Waals surface area contributed by atoms with Crippen molar-refractivity contribution >= 4 is 29.3 Å². The molecule has 0 fully saturated rings. The highest BCUT2D eigenvalue weighted by atomic mass is 32.2. The number of nitrogens with zero attached hydrogens (tertiary/aromatic N) is 1. The number of aryl methyl sites for hydroxylation is 1. The van der Waals surface area contributed by atoms with Crippen LogP contribution < -0.4 is 10.9 Å². The Hall–Kier alpha value is -3.39. The average Bonchev–Trinajstić information content (AvgIpc) is 2.70. The molecule has 0 aliphatic heterocycles. The van der Waals surface area contributed by atoms with Gasteiger partial charge in [-0.25, -0.2) is 9.78 Å². The number of nitrogens with one attached hydrogen (secondary N) is 2. The predicted molar refractivity (Wildman–Crippen MR) is 112 cm³/mol. The number of carboxylic acid groups (broad SMARTS) is 1. The molecule has 8 heteroatoms. The number of aromatic amines is 1. The van der Waals surface area contributed by atoms with Gasteiger partial charge in [-0.2, -0.15) is 0 Å². The normalized spacial score (nSPS) is 10.5. The minimum Gasteiger partial charge on any atom is -0.478 e. The number of aromatic carboxylic acids is 1. The third-order valence-electron chi connectivity index (χ3n) is 4.16. The van der Waals surface area contributed by atoms with Gasteiger partial charge in [0.25, 0.3) is 5.56 Å². The van der Waals surface area contributed by atoms with E-state index in [4.69, 9.17) is 5.11 Å². The van der Waals surface area contributed by atoms with E-state index in [0.717, 1.165) is 17.3 Å².